The van der Waals surface area contributed by atoms with Gasteiger partial charge >= 0.3 is 5.97 Å². The minimum Gasteiger partial charge on any atom is -0.493 e. The third-order valence-corrected chi connectivity index (χ3v) is 6.02. The maximum atomic E-state index is 13.5. The maximum absolute atomic E-state index is 13.5. The number of hydrogen-bond acceptors (Lipinski definition) is 5. The highest BCUT2D eigenvalue weighted by Crippen LogP contribution is 2.31. The Labute approximate surface area is 197 Å². The summed E-state index contributed by atoms with van der Waals surface area (Å²) < 4.78 is 29.5. The van der Waals surface area contributed by atoms with Crippen LogP contribution in [-0.4, -0.2) is 31.6 Å². The second-order valence-corrected chi connectivity index (χ2v) is 8.30. The van der Waals surface area contributed by atoms with Crippen molar-refractivity contribution >= 4 is 29.6 Å². The van der Waals surface area contributed by atoms with Crippen LogP contribution in [0.1, 0.15) is 43.2 Å². The van der Waals surface area contributed by atoms with E-state index in [4.69, 9.17) is 25.8 Å². The highest BCUT2D eigenvalue weighted by molar-refractivity contribution is 6.31. The van der Waals surface area contributed by atoms with E-state index >= 15 is 0 Å². The van der Waals surface area contributed by atoms with Crippen LogP contribution in [0.5, 0.6) is 11.5 Å². The van der Waals surface area contributed by atoms with Crippen molar-refractivity contribution in [3.63, 3.8) is 0 Å². The number of halogens is 2. The molecule has 3 rings (SSSR count). The van der Waals surface area contributed by atoms with Gasteiger partial charge in [0.2, 0.25) is 5.91 Å². The summed E-state index contributed by atoms with van der Waals surface area (Å²) in [6.45, 7) is 0.0696. The van der Waals surface area contributed by atoms with Crippen LogP contribution in [-0.2, 0) is 20.9 Å². The fourth-order valence-electron chi connectivity index (χ4n) is 3.90. The van der Waals surface area contributed by atoms with Crippen LogP contribution in [0.15, 0.2) is 42.5 Å². The SMILES string of the molecule is COC(=O)C1(NC(=O)/C=C/c2ccc(OCc3cc(F)ccc3Cl)c(OC)c2)CCCCC1. The van der Waals surface area contributed by atoms with Gasteiger partial charge in [-0.05, 0) is 54.8 Å². The Hall–Kier alpha value is -3.06. The highest BCUT2D eigenvalue weighted by Gasteiger charge is 2.41. The number of hydrogen-bond donors (Lipinski definition) is 1. The van der Waals surface area contributed by atoms with Gasteiger partial charge < -0.3 is 19.5 Å². The zero-order chi connectivity index (χ0) is 23.8. The molecule has 0 saturated heterocycles. The highest BCUT2D eigenvalue weighted by atomic mass is 35.5. The monoisotopic (exact) mass is 475 g/mol. The van der Waals surface area contributed by atoms with Crippen LogP contribution in [0.3, 0.4) is 0 Å². The molecule has 0 spiro atoms. The second kappa shape index (κ2) is 11.2. The number of esters is 1. The first kappa shape index (κ1) is 24.6. The first-order chi connectivity index (χ1) is 15.9. The summed E-state index contributed by atoms with van der Waals surface area (Å²) in [5.41, 5.74) is 0.248. The van der Waals surface area contributed by atoms with Crippen LogP contribution in [0.2, 0.25) is 5.02 Å². The predicted octanol–water partition coefficient (Wildman–Crippen LogP) is 5.07. The predicted molar refractivity (Wildman–Crippen MR) is 124 cm³/mol. The molecule has 0 atom stereocenters. The van der Waals surface area contributed by atoms with Gasteiger partial charge in [0.25, 0.3) is 0 Å². The first-order valence-corrected chi connectivity index (χ1v) is 11.1. The van der Waals surface area contributed by atoms with Gasteiger partial charge in [0.05, 0.1) is 14.2 Å². The van der Waals surface area contributed by atoms with Gasteiger partial charge in [0.15, 0.2) is 11.5 Å². The lowest BCUT2D eigenvalue weighted by atomic mass is 9.81. The Morgan fingerprint density at radius 2 is 1.85 bits per heavy atom. The molecule has 8 heteroatoms. The van der Waals surface area contributed by atoms with E-state index in [1.807, 2.05) is 0 Å². The first-order valence-electron chi connectivity index (χ1n) is 10.7. The summed E-state index contributed by atoms with van der Waals surface area (Å²) in [5, 5.41) is 3.25. The van der Waals surface area contributed by atoms with Crippen molar-refractivity contribution in [1.29, 1.82) is 0 Å². The van der Waals surface area contributed by atoms with E-state index in [2.05, 4.69) is 5.32 Å². The van der Waals surface area contributed by atoms with Crippen molar-refractivity contribution in [1.82, 2.24) is 5.32 Å². The minimum atomic E-state index is -0.970. The minimum absolute atomic E-state index is 0.0696. The molecular formula is C25H27ClFNO5. The number of carbonyl (C=O) groups is 2. The summed E-state index contributed by atoms with van der Waals surface area (Å²) >= 11 is 6.09. The number of ether oxygens (including phenoxy) is 3. The van der Waals surface area contributed by atoms with Crippen molar-refractivity contribution in [3.8, 4) is 11.5 Å². The summed E-state index contributed by atoms with van der Waals surface area (Å²) in [6, 6.07) is 9.24. The van der Waals surface area contributed by atoms with Crippen LogP contribution < -0.4 is 14.8 Å². The number of rotatable bonds is 8. The van der Waals surface area contributed by atoms with E-state index in [9.17, 15) is 14.0 Å². The van der Waals surface area contributed by atoms with Crippen molar-refractivity contribution in [3.05, 3.63) is 64.4 Å². The average molecular weight is 476 g/mol. The van der Waals surface area contributed by atoms with E-state index < -0.39 is 17.3 Å². The molecule has 1 saturated carbocycles. The molecule has 33 heavy (non-hydrogen) atoms. The average Bonchev–Trinajstić information content (AvgIpc) is 2.83. The van der Waals surface area contributed by atoms with Gasteiger partial charge in [-0.3, -0.25) is 4.79 Å². The molecule has 0 aromatic heterocycles. The third-order valence-electron chi connectivity index (χ3n) is 5.65. The Morgan fingerprint density at radius 1 is 1.09 bits per heavy atom. The Morgan fingerprint density at radius 3 is 2.55 bits per heavy atom. The third kappa shape index (κ3) is 6.26. The number of carbonyl (C=O) groups excluding carboxylic acids is 2. The molecule has 1 fully saturated rings. The van der Waals surface area contributed by atoms with Gasteiger partial charge in [0.1, 0.15) is 18.0 Å². The second-order valence-electron chi connectivity index (χ2n) is 7.89. The van der Waals surface area contributed by atoms with Crippen molar-refractivity contribution in [2.45, 2.75) is 44.2 Å². The molecule has 6 nitrogen and oxygen atoms in total. The maximum Gasteiger partial charge on any atom is 0.331 e. The molecule has 1 amide bonds. The summed E-state index contributed by atoms with van der Waals surface area (Å²) in [4.78, 5) is 24.8. The number of methoxy groups -OCH3 is 2. The summed E-state index contributed by atoms with van der Waals surface area (Å²) in [6.07, 6.45) is 6.88. The van der Waals surface area contributed by atoms with Gasteiger partial charge in [-0.25, -0.2) is 9.18 Å². The molecule has 0 radical (unpaired) electrons. The van der Waals surface area contributed by atoms with Crippen LogP contribution in [0.25, 0.3) is 6.08 Å². The molecule has 2 aromatic rings. The van der Waals surface area contributed by atoms with Gasteiger partial charge in [0, 0.05) is 16.7 Å². The molecule has 176 valence electrons. The molecular weight excluding hydrogens is 449 g/mol. The molecule has 1 N–H and O–H groups in total. The molecule has 0 bridgehead atoms. The van der Waals surface area contributed by atoms with Gasteiger partial charge in [-0.1, -0.05) is 36.9 Å². The standard InChI is InChI=1S/C25H27ClFNO5/c1-31-22-14-17(6-10-21(22)33-16-18-15-19(27)8-9-20(18)26)7-11-23(29)28-25(24(30)32-2)12-4-3-5-13-25/h6-11,14-15H,3-5,12-13,16H2,1-2H3,(H,28,29)/b11-7+. The Bertz CT molecular complexity index is 1030. The summed E-state index contributed by atoms with van der Waals surface area (Å²) in [7, 11) is 2.83. The number of amides is 1. The molecule has 1 aliphatic carbocycles. The van der Waals surface area contributed by atoms with Crippen LogP contribution >= 0.6 is 11.6 Å². The fraction of sp³-hybridized carbons (Fsp3) is 0.360. The Balaban J connectivity index is 1.67. The molecule has 0 unspecified atom stereocenters. The largest absolute Gasteiger partial charge is 0.493 e. The summed E-state index contributed by atoms with van der Waals surface area (Å²) in [5.74, 6) is -0.284. The quantitative estimate of drug-likeness (QED) is 0.426. The van der Waals surface area contributed by atoms with Crippen LogP contribution in [0.4, 0.5) is 4.39 Å². The van der Waals surface area contributed by atoms with E-state index in [1.54, 1.807) is 24.3 Å². The lowest BCUT2D eigenvalue weighted by Gasteiger charge is -2.34. The smallest absolute Gasteiger partial charge is 0.331 e. The fourth-order valence-corrected chi connectivity index (χ4v) is 4.07. The van der Waals surface area contributed by atoms with Crippen molar-refractivity contribution < 1.29 is 28.2 Å². The molecule has 2 aromatic carbocycles. The van der Waals surface area contributed by atoms with Gasteiger partial charge in [-0.2, -0.15) is 0 Å². The number of nitrogens with one attached hydrogen (secondary N) is 1. The van der Waals surface area contributed by atoms with Crippen molar-refractivity contribution in [2.75, 3.05) is 14.2 Å². The molecule has 0 aliphatic heterocycles. The topological polar surface area (TPSA) is 73.9 Å². The zero-order valence-electron chi connectivity index (χ0n) is 18.7. The van der Waals surface area contributed by atoms with Crippen LogP contribution in [0, 0.1) is 5.82 Å². The molecule has 1 aliphatic rings. The van der Waals surface area contributed by atoms with E-state index in [1.165, 1.54) is 38.5 Å². The van der Waals surface area contributed by atoms with E-state index in [0.29, 0.717) is 40.5 Å². The molecule has 0 heterocycles. The lowest BCUT2D eigenvalue weighted by Crippen LogP contribution is -2.55. The van der Waals surface area contributed by atoms with E-state index in [0.717, 1.165) is 19.3 Å². The number of benzene rings is 2. The van der Waals surface area contributed by atoms with Crippen molar-refractivity contribution in [2.24, 2.45) is 0 Å². The normalized spacial score (nSPS) is 15.2. The lowest BCUT2D eigenvalue weighted by molar-refractivity contribution is -0.152. The van der Waals surface area contributed by atoms with Gasteiger partial charge in [-0.15, -0.1) is 0 Å². The Kier molecular flexibility index (Phi) is 8.33. The van der Waals surface area contributed by atoms with E-state index in [-0.39, 0.29) is 12.5 Å². The zero-order valence-corrected chi connectivity index (χ0v) is 19.4.